The number of thiophene rings is 1. The molecule has 1 atom stereocenters. The fraction of sp³-hybridized carbons (Fsp3) is 0.167. The Bertz CT molecular complexity index is 532. The van der Waals surface area contributed by atoms with E-state index in [1.54, 1.807) is 18.2 Å². The van der Waals surface area contributed by atoms with E-state index in [0.717, 1.165) is 10.4 Å². The molecule has 0 saturated carbocycles. The van der Waals surface area contributed by atoms with Crippen LogP contribution in [-0.2, 0) is 0 Å². The molecule has 1 aromatic heterocycles. The minimum Gasteiger partial charge on any atom is -0.435 e. The largest absolute Gasteiger partial charge is 0.435 e. The molecular formula is C12H8BrClF2OS. The first-order chi connectivity index (χ1) is 8.58. The molecule has 6 heteroatoms. The molecule has 0 aliphatic heterocycles. The van der Waals surface area contributed by atoms with Crippen molar-refractivity contribution in [2.75, 3.05) is 0 Å². The summed E-state index contributed by atoms with van der Waals surface area (Å²) in [5, 5.41) is 2.54. The van der Waals surface area contributed by atoms with Crippen molar-refractivity contribution < 1.29 is 13.5 Å². The molecule has 0 bridgehead atoms. The number of ether oxygens (including phenoxy) is 1. The van der Waals surface area contributed by atoms with Crippen LogP contribution in [-0.4, -0.2) is 6.61 Å². The lowest BCUT2D eigenvalue weighted by Gasteiger charge is -2.11. The van der Waals surface area contributed by atoms with Crippen molar-refractivity contribution in [3.05, 3.63) is 51.2 Å². The number of halogens is 4. The lowest BCUT2D eigenvalue weighted by Crippen LogP contribution is -2.02. The highest BCUT2D eigenvalue weighted by Crippen LogP contribution is 2.39. The Morgan fingerprint density at radius 3 is 2.67 bits per heavy atom. The van der Waals surface area contributed by atoms with Crippen LogP contribution in [0.3, 0.4) is 0 Å². The Labute approximate surface area is 120 Å². The van der Waals surface area contributed by atoms with E-state index in [4.69, 9.17) is 11.6 Å². The lowest BCUT2D eigenvalue weighted by atomic mass is 10.1. The Kier molecular flexibility index (Phi) is 4.59. The van der Waals surface area contributed by atoms with Gasteiger partial charge in [-0.2, -0.15) is 8.78 Å². The number of alkyl halides is 3. The summed E-state index contributed by atoms with van der Waals surface area (Å²) in [6.45, 7) is -2.82. The Morgan fingerprint density at radius 1 is 1.28 bits per heavy atom. The van der Waals surface area contributed by atoms with Crippen molar-refractivity contribution in [1.82, 2.24) is 0 Å². The number of hydrogen-bond donors (Lipinski definition) is 0. The molecule has 1 nitrogen and oxygen atoms in total. The van der Waals surface area contributed by atoms with Gasteiger partial charge in [0, 0.05) is 4.88 Å². The van der Waals surface area contributed by atoms with E-state index in [2.05, 4.69) is 20.7 Å². The molecule has 2 aromatic rings. The lowest BCUT2D eigenvalue weighted by molar-refractivity contribution is -0.0498. The van der Waals surface area contributed by atoms with Gasteiger partial charge in [0.2, 0.25) is 0 Å². The standard InChI is InChI=1S/C12H8BrClF2OS/c13-10(11-9(14)4-5-18-11)7-2-1-3-8(6-7)17-12(15)16/h1-6,10,12H. The van der Waals surface area contributed by atoms with Crippen LogP contribution in [0.25, 0.3) is 0 Å². The minimum atomic E-state index is -2.82. The fourth-order valence-corrected chi connectivity index (χ4v) is 3.64. The molecule has 0 fully saturated rings. The minimum absolute atomic E-state index is 0.133. The molecule has 1 heterocycles. The van der Waals surface area contributed by atoms with Gasteiger partial charge in [-0.25, -0.2) is 0 Å². The van der Waals surface area contributed by atoms with E-state index in [1.807, 2.05) is 11.4 Å². The van der Waals surface area contributed by atoms with Crippen molar-refractivity contribution in [3.63, 3.8) is 0 Å². The molecule has 1 unspecified atom stereocenters. The van der Waals surface area contributed by atoms with Crippen LogP contribution in [0.15, 0.2) is 35.7 Å². The van der Waals surface area contributed by atoms with E-state index in [-0.39, 0.29) is 10.6 Å². The van der Waals surface area contributed by atoms with E-state index in [1.165, 1.54) is 17.4 Å². The third kappa shape index (κ3) is 3.22. The molecule has 0 radical (unpaired) electrons. The summed E-state index contributed by atoms with van der Waals surface area (Å²) < 4.78 is 28.6. The van der Waals surface area contributed by atoms with Gasteiger partial charge in [-0.3, -0.25) is 0 Å². The van der Waals surface area contributed by atoms with Gasteiger partial charge in [-0.15, -0.1) is 11.3 Å². The molecule has 0 N–H and O–H groups in total. The summed E-state index contributed by atoms with van der Waals surface area (Å²) in [4.78, 5) is 0.803. The molecule has 96 valence electrons. The van der Waals surface area contributed by atoms with Crippen molar-refractivity contribution in [2.45, 2.75) is 11.4 Å². The highest BCUT2D eigenvalue weighted by Gasteiger charge is 2.16. The van der Waals surface area contributed by atoms with Crippen LogP contribution < -0.4 is 4.74 Å². The van der Waals surface area contributed by atoms with Crippen LogP contribution in [0.5, 0.6) is 5.75 Å². The number of rotatable bonds is 4. The van der Waals surface area contributed by atoms with Crippen LogP contribution in [0.4, 0.5) is 8.78 Å². The van der Waals surface area contributed by atoms with Gasteiger partial charge < -0.3 is 4.74 Å². The molecule has 0 spiro atoms. The van der Waals surface area contributed by atoms with Crippen LogP contribution in [0.2, 0.25) is 5.02 Å². The summed E-state index contributed by atoms with van der Waals surface area (Å²) in [6.07, 6.45) is 0. The molecule has 2 rings (SSSR count). The van der Waals surface area contributed by atoms with Crippen LogP contribution >= 0.6 is 38.9 Å². The van der Waals surface area contributed by atoms with Crippen LogP contribution in [0.1, 0.15) is 15.3 Å². The van der Waals surface area contributed by atoms with Gasteiger partial charge >= 0.3 is 6.61 Å². The predicted molar refractivity (Wildman–Crippen MR) is 73.2 cm³/mol. The monoisotopic (exact) mass is 352 g/mol. The summed E-state index contributed by atoms with van der Waals surface area (Å²) in [6, 6.07) is 8.36. The zero-order valence-electron chi connectivity index (χ0n) is 8.95. The second-order valence-electron chi connectivity index (χ2n) is 3.45. The molecule has 0 saturated heterocycles. The normalized spacial score (nSPS) is 12.7. The zero-order chi connectivity index (χ0) is 13.1. The topological polar surface area (TPSA) is 9.23 Å². The highest BCUT2D eigenvalue weighted by atomic mass is 79.9. The summed E-state index contributed by atoms with van der Waals surface area (Å²) >= 11 is 11.0. The maximum atomic E-state index is 12.1. The zero-order valence-corrected chi connectivity index (χ0v) is 12.1. The average Bonchev–Trinajstić information content (AvgIpc) is 2.74. The van der Waals surface area contributed by atoms with E-state index >= 15 is 0 Å². The third-order valence-corrected chi connectivity index (χ3v) is 4.96. The Hall–Kier alpha value is -0.650. The first kappa shape index (κ1) is 13.8. The summed E-state index contributed by atoms with van der Waals surface area (Å²) in [5.41, 5.74) is 0.817. The fourth-order valence-electron chi connectivity index (χ4n) is 1.49. The van der Waals surface area contributed by atoms with Crippen molar-refractivity contribution in [1.29, 1.82) is 0 Å². The van der Waals surface area contributed by atoms with Gasteiger partial charge in [-0.05, 0) is 29.1 Å². The maximum Gasteiger partial charge on any atom is 0.387 e. The van der Waals surface area contributed by atoms with Gasteiger partial charge in [0.15, 0.2) is 0 Å². The first-order valence-electron chi connectivity index (χ1n) is 4.99. The van der Waals surface area contributed by atoms with E-state index in [9.17, 15) is 8.78 Å². The van der Waals surface area contributed by atoms with E-state index < -0.39 is 6.61 Å². The first-order valence-corrected chi connectivity index (χ1v) is 7.17. The Morgan fingerprint density at radius 2 is 2.06 bits per heavy atom. The number of benzene rings is 1. The van der Waals surface area contributed by atoms with Gasteiger partial charge in [0.1, 0.15) is 5.75 Å². The second-order valence-corrected chi connectivity index (χ2v) is 5.72. The highest BCUT2D eigenvalue weighted by molar-refractivity contribution is 9.09. The van der Waals surface area contributed by atoms with Gasteiger partial charge in [0.25, 0.3) is 0 Å². The van der Waals surface area contributed by atoms with Crippen LogP contribution in [0, 0.1) is 0 Å². The number of hydrogen-bond acceptors (Lipinski definition) is 2. The van der Waals surface area contributed by atoms with E-state index in [0.29, 0.717) is 5.02 Å². The summed E-state index contributed by atoms with van der Waals surface area (Å²) in [5.74, 6) is 0.139. The molecule has 1 aromatic carbocycles. The van der Waals surface area contributed by atoms with Crippen molar-refractivity contribution in [2.24, 2.45) is 0 Å². The third-order valence-electron chi connectivity index (χ3n) is 2.25. The Balaban J connectivity index is 2.25. The molecule has 0 amide bonds. The molecule has 18 heavy (non-hydrogen) atoms. The van der Waals surface area contributed by atoms with Gasteiger partial charge in [0.05, 0.1) is 9.85 Å². The predicted octanol–water partition coefficient (Wildman–Crippen LogP) is 5.49. The van der Waals surface area contributed by atoms with Gasteiger partial charge in [-0.1, -0.05) is 39.7 Å². The smallest absolute Gasteiger partial charge is 0.387 e. The second kappa shape index (κ2) is 5.99. The molecule has 0 aliphatic carbocycles. The van der Waals surface area contributed by atoms with Crippen molar-refractivity contribution in [3.8, 4) is 5.75 Å². The SMILES string of the molecule is FC(F)Oc1cccc(C(Br)c2sccc2Cl)c1. The molecular weight excluding hydrogens is 346 g/mol. The van der Waals surface area contributed by atoms with Crippen molar-refractivity contribution >= 4 is 38.9 Å². The maximum absolute atomic E-state index is 12.1. The molecule has 0 aliphatic rings. The average molecular weight is 354 g/mol. The summed E-state index contributed by atoms with van der Waals surface area (Å²) in [7, 11) is 0. The quantitative estimate of drug-likeness (QED) is 0.661.